The van der Waals surface area contributed by atoms with Gasteiger partial charge in [0.15, 0.2) is 5.43 Å². The molecule has 0 amide bonds. The molecule has 0 bridgehead atoms. The van der Waals surface area contributed by atoms with E-state index < -0.39 is 0 Å². The summed E-state index contributed by atoms with van der Waals surface area (Å²) in [4.78, 5) is 13.7. The van der Waals surface area contributed by atoms with Crippen molar-refractivity contribution in [1.82, 2.24) is 10.3 Å². The maximum atomic E-state index is 10.7. The summed E-state index contributed by atoms with van der Waals surface area (Å²) >= 11 is 0. The zero-order chi connectivity index (χ0) is 12.0. The largest absolute Gasteiger partial charge is 0.362 e. The van der Waals surface area contributed by atoms with E-state index in [2.05, 4.69) is 17.2 Å². The van der Waals surface area contributed by atoms with Gasteiger partial charge in [-0.2, -0.15) is 0 Å². The van der Waals surface area contributed by atoms with Crippen molar-refractivity contribution in [2.24, 2.45) is 0 Å². The number of nitrogens with one attached hydrogen (secondary N) is 2. The Balaban J connectivity index is 0.000000165. The highest BCUT2D eigenvalue weighted by Gasteiger charge is 2.04. The Bertz CT molecular complexity index is 341. The molecule has 90 valence electrons. The molecule has 1 aliphatic heterocycles. The third-order valence-corrected chi connectivity index (χ3v) is 2.67. The van der Waals surface area contributed by atoms with Gasteiger partial charge in [-0.3, -0.25) is 4.79 Å². The van der Waals surface area contributed by atoms with Crippen molar-refractivity contribution in [2.45, 2.75) is 46.1 Å². The minimum absolute atomic E-state index is 0.0729. The van der Waals surface area contributed by atoms with Gasteiger partial charge in [-0.25, -0.2) is 0 Å². The second-order valence-corrected chi connectivity index (χ2v) is 4.53. The van der Waals surface area contributed by atoms with Crippen LogP contribution in [0.2, 0.25) is 0 Å². The molecule has 1 atom stereocenters. The third kappa shape index (κ3) is 5.12. The van der Waals surface area contributed by atoms with Gasteiger partial charge >= 0.3 is 0 Å². The van der Waals surface area contributed by atoms with E-state index in [1.54, 1.807) is 12.1 Å². The van der Waals surface area contributed by atoms with Crippen LogP contribution in [-0.2, 0) is 0 Å². The summed E-state index contributed by atoms with van der Waals surface area (Å²) in [5, 5.41) is 3.38. The molecule has 0 spiro atoms. The van der Waals surface area contributed by atoms with Crippen molar-refractivity contribution in [3.05, 3.63) is 33.7 Å². The van der Waals surface area contributed by atoms with Gasteiger partial charge in [-0.1, -0.05) is 6.42 Å². The summed E-state index contributed by atoms with van der Waals surface area (Å²) in [5.74, 6) is 0. The van der Waals surface area contributed by atoms with Crippen molar-refractivity contribution in [2.75, 3.05) is 6.54 Å². The Labute approximate surface area is 97.3 Å². The molecule has 1 aromatic rings. The fourth-order valence-corrected chi connectivity index (χ4v) is 1.88. The number of piperidine rings is 1. The average Bonchev–Trinajstić information content (AvgIpc) is 2.17. The Hall–Kier alpha value is -1.09. The molecule has 1 aliphatic rings. The minimum atomic E-state index is 0.0729. The van der Waals surface area contributed by atoms with Gasteiger partial charge in [0.2, 0.25) is 0 Å². The van der Waals surface area contributed by atoms with Gasteiger partial charge in [0.25, 0.3) is 0 Å². The summed E-state index contributed by atoms with van der Waals surface area (Å²) in [6, 6.07) is 3.94. The van der Waals surface area contributed by atoms with E-state index in [1.807, 2.05) is 13.8 Å². The van der Waals surface area contributed by atoms with E-state index in [-0.39, 0.29) is 5.43 Å². The second-order valence-electron chi connectivity index (χ2n) is 4.53. The Morgan fingerprint density at radius 2 is 1.81 bits per heavy atom. The summed E-state index contributed by atoms with van der Waals surface area (Å²) in [6.07, 6.45) is 4.18. The lowest BCUT2D eigenvalue weighted by Crippen LogP contribution is -2.30. The highest BCUT2D eigenvalue weighted by atomic mass is 16.1. The van der Waals surface area contributed by atoms with Crippen LogP contribution in [-0.4, -0.2) is 17.6 Å². The average molecular weight is 222 g/mol. The number of pyridine rings is 1. The van der Waals surface area contributed by atoms with Crippen LogP contribution < -0.4 is 10.7 Å². The maximum Gasteiger partial charge on any atom is 0.182 e. The van der Waals surface area contributed by atoms with E-state index in [9.17, 15) is 4.79 Å². The second kappa shape index (κ2) is 6.48. The van der Waals surface area contributed by atoms with E-state index in [0.717, 1.165) is 17.4 Å². The number of rotatable bonds is 0. The zero-order valence-corrected chi connectivity index (χ0v) is 10.5. The molecule has 0 saturated carbocycles. The standard InChI is InChI=1S/C7H9NO.C6H13N/c1-5-3-7(9)4-6(2)8-5;1-6-4-2-3-5-7-6/h3-4H,1-2H3,(H,8,9);6-7H,2-5H2,1H3/t;6-/m.1/s1. The van der Waals surface area contributed by atoms with Crippen molar-refractivity contribution in [1.29, 1.82) is 0 Å². The summed E-state index contributed by atoms with van der Waals surface area (Å²) < 4.78 is 0. The Morgan fingerprint density at radius 1 is 1.19 bits per heavy atom. The highest BCUT2D eigenvalue weighted by Crippen LogP contribution is 2.04. The van der Waals surface area contributed by atoms with Crippen LogP contribution in [0.25, 0.3) is 0 Å². The fourth-order valence-electron chi connectivity index (χ4n) is 1.88. The third-order valence-electron chi connectivity index (χ3n) is 2.67. The smallest absolute Gasteiger partial charge is 0.182 e. The highest BCUT2D eigenvalue weighted by molar-refractivity contribution is 5.08. The molecule has 2 N–H and O–H groups in total. The first-order chi connectivity index (χ1) is 7.58. The van der Waals surface area contributed by atoms with Crippen LogP contribution in [0.1, 0.15) is 37.6 Å². The number of aromatic nitrogens is 1. The Kier molecular flexibility index (Phi) is 5.26. The molecular weight excluding hydrogens is 200 g/mol. The van der Waals surface area contributed by atoms with E-state index in [1.165, 1.54) is 25.8 Å². The summed E-state index contributed by atoms with van der Waals surface area (Å²) in [6.45, 7) is 7.23. The van der Waals surface area contributed by atoms with Gasteiger partial charge < -0.3 is 10.3 Å². The van der Waals surface area contributed by atoms with E-state index in [4.69, 9.17) is 0 Å². The number of H-pyrrole nitrogens is 1. The summed E-state index contributed by atoms with van der Waals surface area (Å²) in [5.41, 5.74) is 1.91. The minimum Gasteiger partial charge on any atom is -0.362 e. The van der Waals surface area contributed by atoms with Gasteiger partial charge in [0.05, 0.1) is 0 Å². The van der Waals surface area contributed by atoms with E-state index in [0.29, 0.717) is 0 Å². The zero-order valence-electron chi connectivity index (χ0n) is 10.5. The Morgan fingerprint density at radius 3 is 2.12 bits per heavy atom. The molecule has 3 heteroatoms. The molecule has 1 fully saturated rings. The molecule has 0 aliphatic carbocycles. The van der Waals surface area contributed by atoms with Crippen LogP contribution in [0.3, 0.4) is 0 Å². The molecule has 0 aromatic carbocycles. The van der Waals surface area contributed by atoms with Crippen LogP contribution >= 0.6 is 0 Å². The maximum absolute atomic E-state index is 10.7. The number of hydrogen-bond donors (Lipinski definition) is 2. The van der Waals surface area contributed by atoms with Crippen LogP contribution in [0, 0.1) is 13.8 Å². The molecule has 1 aromatic heterocycles. The monoisotopic (exact) mass is 222 g/mol. The SMILES string of the molecule is C[C@@H]1CCCCN1.Cc1cc(=O)cc(C)[nH]1. The molecule has 0 unspecified atom stereocenters. The molecule has 1 saturated heterocycles. The fraction of sp³-hybridized carbons (Fsp3) is 0.615. The lowest BCUT2D eigenvalue weighted by molar-refractivity contribution is 0.425. The van der Waals surface area contributed by atoms with Crippen molar-refractivity contribution >= 4 is 0 Å². The molecule has 3 nitrogen and oxygen atoms in total. The molecule has 2 heterocycles. The topological polar surface area (TPSA) is 44.9 Å². The van der Waals surface area contributed by atoms with Gasteiger partial charge in [0.1, 0.15) is 0 Å². The lowest BCUT2D eigenvalue weighted by atomic mass is 10.1. The number of aromatic amines is 1. The van der Waals surface area contributed by atoms with Gasteiger partial charge in [-0.15, -0.1) is 0 Å². The summed E-state index contributed by atoms with van der Waals surface area (Å²) in [7, 11) is 0. The predicted molar refractivity (Wildman–Crippen MR) is 67.9 cm³/mol. The normalized spacial score (nSPS) is 19.8. The predicted octanol–water partition coefficient (Wildman–Crippen LogP) is 2.14. The van der Waals surface area contributed by atoms with Crippen LogP contribution in [0.15, 0.2) is 16.9 Å². The van der Waals surface area contributed by atoms with Crippen LogP contribution in [0.5, 0.6) is 0 Å². The van der Waals surface area contributed by atoms with Crippen molar-refractivity contribution in [3.63, 3.8) is 0 Å². The molecule has 0 radical (unpaired) electrons. The first-order valence-electron chi connectivity index (χ1n) is 5.99. The first-order valence-corrected chi connectivity index (χ1v) is 5.99. The van der Waals surface area contributed by atoms with Gasteiger partial charge in [0, 0.05) is 29.6 Å². The van der Waals surface area contributed by atoms with Gasteiger partial charge in [-0.05, 0) is 40.2 Å². The van der Waals surface area contributed by atoms with Crippen molar-refractivity contribution < 1.29 is 0 Å². The first kappa shape index (κ1) is 13.0. The molecular formula is C13H22N2O. The van der Waals surface area contributed by atoms with E-state index >= 15 is 0 Å². The quantitative estimate of drug-likeness (QED) is 0.706. The van der Waals surface area contributed by atoms with Crippen molar-refractivity contribution in [3.8, 4) is 0 Å². The van der Waals surface area contributed by atoms with Crippen LogP contribution in [0.4, 0.5) is 0 Å². The molecule has 16 heavy (non-hydrogen) atoms. The number of hydrogen-bond acceptors (Lipinski definition) is 2. The molecule has 2 rings (SSSR count). The lowest BCUT2D eigenvalue weighted by Gasteiger charge is -2.18. The number of aryl methyl sites for hydroxylation is 2.